The number of unbranched alkanes of at least 4 members (excludes halogenated alkanes) is 1. The van der Waals surface area contributed by atoms with E-state index in [1.165, 1.54) is 6.42 Å². The molecule has 3 nitrogen and oxygen atoms in total. The van der Waals surface area contributed by atoms with Gasteiger partial charge in [-0.15, -0.1) is 0 Å². The lowest BCUT2D eigenvalue weighted by atomic mass is 10.2. The van der Waals surface area contributed by atoms with Gasteiger partial charge in [-0.25, -0.2) is 0 Å². The average molecular weight is 202 g/mol. The normalized spacial score (nSPS) is 18.6. The quantitative estimate of drug-likeness (QED) is 0.591. The molecule has 0 spiro atoms. The van der Waals surface area contributed by atoms with Crippen LogP contribution in [0.2, 0.25) is 0 Å². The first-order chi connectivity index (χ1) is 6.93. The van der Waals surface area contributed by atoms with Gasteiger partial charge in [-0.1, -0.05) is 13.3 Å². The third-order valence-corrected chi connectivity index (χ3v) is 2.39. The van der Waals surface area contributed by atoms with Crippen molar-refractivity contribution >= 4 is 0 Å². The van der Waals surface area contributed by atoms with E-state index in [9.17, 15) is 0 Å². The number of ether oxygens (including phenoxy) is 3. The summed E-state index contributed by atoms with van der Waals surface area (Å²) in [5.74, 6) is 0. The lowest BCUT2D eigenvalue weighted by molar-refractivity contribution is -0.0495. The molecule has 0 aliphatic carbocycles. The van der Waals surface area contributed by atoms with Crippen molar-refractivity contribution in [2.24, 2.45) is 0 Å². The van der Waals surface area contributed by atoms with Gasteiger partial charge in [0.05, 0.1) is 19.3 Å². The highest BCUT2D eigenvalue weighted by molar-refractivity contribution is 4.61. The Balaban J connectivity index is 1.82. The summed E-state index contributed by atoms with van der Waals surface area (Å²) in [6.07, 6.45) is 4.82. The highest BCUT2D eigenvalue weighted by atomic mass is 16.5. The van der Waals surface area contributed by atoms with Gasteiger partial charge in [0.25, 0.3) is 0 Å². The van der Waals surface area contributed by atoms with Crippen LogP contribution in [0.5, 0.6) is 0 Å². The Morgan fingerprint density at radius 2 is 1.93 bits per heavy atom. The SMILES string of the molecule is CCCCOCCOC1CCOCC1. The summed E-state index contributed by atoms with van der Waals surface area (Å²) in [4.78, 5) is 0. The highest BCUT2D eigenvalue weighted by Gasteiger charge is 2.13. The van der Waals surface area contributed by atoms with E-state index in [1.807, 2.05) is 0 Å². The van der Waals surface area contributed by atoms with Crippen molar-refractivity contribution in [1.29, 1.82) is 0 Å². The summed E-state index contributed by atoms with van der Waals surface area (Å²) < 4.78 is 16.3. The summed E-state index contributed by atoms with van der Waals surface area (Å²) >= 11 is 0. The van der Waals surface area contributed by atoms with Crippen LogP contribution < -0.4 is 0 Å². The lowest BCUT2D eigenvalue weighted by Crippen LogP contribution is -2.24. The van der Waals surface area contributed by atoms with Crippen molar-refractivity contribution in [2.75, 3.05) is 33.0 Å². The molecule has 1 aliphatic rings. The van der Waals surface area contributed by atoms with E-state index in [0.29, 0.717) is 6.10 Å². The maximum atomic E-state index is 5.66. The van der Waals surface area contributed by atoms with E-state index in [2.05, 4.69) is 6.92 Å². The Morgan fingerprint density at radius 1 is 1.14 bits per heavy atom. The van der Waals surface area contributed by atoms with Gasteiger partial charge in [0, 0.05) is 19.8 Å². The van der Waals surface area contributed by atoms with Crippen LogP contribution in [0.15, 0.2) is 0 Å². The summed E-state index contributed by atoms with van der Waals surface area (Å²) in [5.41, 5.74) is 0. The molecule has 0 bridgehead atoms. The van der Waals surface area contributed by atoms with Gasteiger partial charge in [0.1, 0.15) is 0 Å². The highest BCUT2D eigenvalue weighted by Crippen LogP contribution is 2.09. The Labute approximate surface area is 86.7 Å². The first kappa shape index (κ1) is 12.0. The third-order valence-electron chi connectivity index (χ3n) is 2.39. The van der Waals surface area contributed by atoms with Crippen LogP contribution in [0.25, 0.3) is 0 Å². The average Bonchev–Trinajstić information content (AvgIpc) is 2.25. The number of rotatable bonds is 7. The van der Waals surface area contributed by atoms with Gasteiger partial charge in [-0.05, 0) is 19.3 Å². The molecule has 0 saturated carbocycles. The molecule has 0 N–H and O–H groups in total. The summed E-state index contributed by atoms with van der Waals surface area (Å²) in [6.45, 7) is 6.20. The zero-order valence-corrected chi connectivity index (χ0v) is 9.17. The fraction of sp³-hybridized carbons (Fsp3) is 1.00. The van der Waals surface area contributed by atoms with Crippen molar-refractivity contribution in [1.82, 2.24) is 0 Å². The number of hydrogen-bond donors (Lipinski definition) is 0. The van der Waals surface area contributed by atoms with Gasteiger partial charge in [0.2, 0.25) is 0 Å². The molecule has 1 saturated heterocycles. The predicted molar refractivity (Wildman–Crippen MR) is 55.5 cm³/mol. The van der Waals surface area contributed by atoms with Crippen molar-refractivity contribution in [2.45, 2.75) is 38.7 Å². The first-order valence-corrected chi connectivity index (χ1v) is 5.70. The monoisotopic (exact) mass is 202 g/mol. The van der Waals surface area contributed by atoms with Gasteiger partial charge < -0.3 is 14.2 Å². The molecule has 84 valence electrons. The first-order valence-electron chi connectivity index (χ1n) is 5.70. The smallest absolute Gasteiger partial charge is 0.0704 e. The molecular formula is C11H22O3. The van der Waals surface area contributed by atoms with Crippen LogP contribution in [-0.4, -0.2) is 39.1 Å². The topological polar surface area (TPSA) is 27.7 Å². The van der Waals surface area contributed by atoms with Crippen LogP contribution in [0.4, 0.5) is 0 Å². The molecule has 0 amide bonds. The fourth-order valence-corrected chi connectivity index (χ4v) is 1.46. The van der Waals surface area contributed by atoms with Gasteiger partial charge in [-0.2, -0.15) is 0 Å². The minimum absolute atomic E-state index is 0.401. The molecule has 1 rings (SSSR count). The Bertz CT molecular complexity index is 122. The van der Waals surface area contributed by atoms with Crippen LogP contribution in [0, 0.1) is 0 Å². The molecule has 0 aromatic rings. The molecule has 0 aromatic carbocycles. The second kappa shape index (κ2) is 8.21. The van der Waals surface area contributed by atoms with Crippen LogP contribution in [0.1, 0.15) is 32.6 Å². The largest absolute Gasteiger partial charge is 0.381 e. The minimum atomic E-state index is 0.401. The molecule has 1 fully saturated rings. The van der Waals surface area contributed by atoms with E-state index in [0.717, 1.165) is 52.3 Å². The fourth-order valence-electron chi connectivity index (χ4n) is 1.46. The molecule has 1 aliphatic heterocycles. The van der Waals surface area contributed by atoms with E-state index in [1.54, 1.807) is 0 Å². The molecule has 0 radical (unpaired) electrons. The van der Waals surface area contributed by atoms with Gasteiger partial charge >= 0.3 is 0 Å². The molecule has 0 unspecified atom stereocenters. The van der Waals surface area contributed by atoms with E-state index >= 15 is 0 Å². The molecule has 0 aromatic heterocycles. The van der Waals surface area contributed by atoms with Gasteiger partial charge in [0.15, 0.2) is 0 Å². The standard InChI is InChI=1S/C11H22O3/c1-2-3-6-12-9-10-14-11-4-7-13-8-5-11/h11H,2-10H2,1H3. The second-order valence-electron chi connectivity index (χ2n) is 3.65. The van der Waals surface area contributed by atoms with E-state index < -0.39 is 0 Å². The molecule has 14 heavy (non-hydrogen) atoms. The summed E-state index contributed by atoms with van der Waals surface area (Å²) in [7, 11) is 0. The molecule has 1 heterocycles. The van der Waals surface area contributed by atoms with Crippen molar-refractivity contribution in [3.63, 3.8) is 0 Å². The number of hydrogen-bond acceptors (Lipinski definition) is 3. The van der Waals surface area contributed by atoms with Crippen molar-refractivity contribution < 1.29 is 14.2 Å². The van der Waals surface area contributed by atoms with E-state index in [4.69, 9.17) is 14.2 Å². The maximum absolute atomic E-state index is 5.66. The molecule has 0 atom stereocenters. The molecule has 3 heteroatoms. The Morgan fingerprint density at radius 3 is 2.64 bits per heavy atom. The lowest BCUT2D eigenvalue weighted by Gasteiger charge is -2.22. The van der Waals surface area contributed by atoms with Crippen molar-refractivity contribution in [3.8, 4) is 0 Å². The summed E-state index contributed by atoms with van der Waals surface area (Å²) in [6, 6.07) is 0. The predicted octanol–water partition coefficient (Wildman–Crippen LogP) is 2.00. The van der Waals surface area contributed by atoms with Crippen LogP contribution >= 0.6 is 0 Å². The second-order valence-corrected chi connectivity index (χ2v) is 3.65. The van der Waals surface area contributed by atoms with Crippen LogP contribution in [-0.2, 0) is 14.2 Å². The van der Waals surface area contributed by atoms with Crippen LogP contribution in [0.3, 0.4) is 0 Å². The zero-order chi connectivity index (χ0) is 10.1. The zero-order valence-electron chi connectivity index (χ0n) is 9.17. The summed E-state index contributed by atoms with van der Waals surface area (Å²) in [5, 5.41) is 0. The van der Waals surface area contributed by atoms with E-state index in [-0.39, 0.29) is 0 Å². The third kappa shape index (κ3) is 5.58. The van der Waals surface area contributed by atoms with Crippen molar-refractivity contribution in [3.05, 3.63) is 0 Å². The Hall–Kier alpha value is -0.120. The minimum Gasteiger partial charge on any atom is -0.381 e. The molecular weight excluding hydrogens is 180 g/mol. The van der Waals surface area contributed by atoms with Gasteiger partial charge in [-0.3, -0.25) is 0 Å². The maximum Gasteiger partial charge on any atom is 0.0704 e. The Kier molecular flexibility index (Phi) is 7.01.